The molecule has 0 spiro atoms. The van der Waals surface area contributed by atoms with Crippen molar-refractivity contribution in [1.29, 1.82) is 0 Å². The van der Waals surface area contributed by atoms with Crippen molar-refractivity contribution in [1.82, 2.24) is 5.32 Å². The molecule has 1 aromatic carbocycles. The van der Waals surface area contributed by atoms with Crippen LogP contribution in [-0.2, 0) is 20.7 Å². The molecule has 0 aromatic heterocycles. The maximum atomic E-state index is 13.1. The highest BCUT2D eigenvalue weighted by atomic mass is 16.7. The minimum absolute atomic E-state index is 0.254. The fourth-order valence-electron chi connectivity index (χ4n) is 9.34. The summed E-state index contributed by atoms with van der Waals surface area (Å²) in [7, 11) is 0. The van der Waals surface area contributed by atoms with Crippen LogP contribution in [0.3, 0.4) is 0 Å². The summed E-state index contributed by atoms with van der Waals surface area (Å²) in [6.45, 7) is 1.34. The van der Waals surface area contributed by atoms with Gasteiger partial charge in [-0.3, -0.25) is 4.79 Å². The molecule has 0 bridgehead atoms. The average molecular weight is 920 g/mol. The van der Waals surface area contributed by atoms with E-state index in [1.54, 1.807) is 0 Å². The van der Waals surface area contributed by atoms with Gasteiger partial charge in [0.25, 0.3) is 0 Å². The number of benzene rings is 1. The van der Waals surface area contributed by atoms with Gasteiger partial charge in [-0.1, -0.05) is 243 Å². The first-order chi connectivity index (χ1) is 31.8. The third-order valence-corrected chi connectivity index (χ3v) is 13.8. The normalized spacial score (nSPS) is 20.2. The van der Waals surface area contributed by atoms with E-state index in [0.29, 0.717) is 6.42 Å². The molecule has 0 saturated carbocycles. The van der Waals surface area contributed by atoms with E-state index in [9.17, 15) is 35.4 Å². The zero-order chi connectivity index (χ0) is 47.0. The fourth-order valence-corrected chi connectivity index (χ4v) is 9.34. The van der Waals surface area contributed by atoms with Crippen molar-refractivity contribution in [3.63, 3.8) is 0 Å². The number of carbonyl (C=O) groups excluding carboxylic acids is 1. The summed E-state index contributed by atoms with van der Waals surface area (Å²) in [5.41, 5.74) is 1.47. The van der Waals surface area contributed by atoms with Crippen molar-refractivity contribution in [2.45, 2.75) is 293 Å². The van der Waals surface area contributed by atoms with Crippen LogP contribution in [0.25, 0.3) is 0 Å². The van der Waals surface area contributed by atoms with E-state index in [0.717, 1.165) is 51.4 Å². The molecule has 380 valence electrons. The molecule has 1 amide bonds. The first-order valence-corrected chi connectivity index (χ1v) is 27.4. The molecule has 1 saturated heterocycles. The number of ether oxygens (including phenoxy) is 2. The lowest BCUT2D eigenvalue weighted by molar-refractivity contribution is -0.303. The summed E-state index contributed by atoms with van der Waals surface area (Å²) >= 11 is 0. The van der Waals surface area contributed by atoms with E-state index in [2.05, 4.69) is 42.6 Å². The van der Waals surface area contributed by atoms with Gasteiger partial charge in [-0.15, -0.1) is 0 Å². The summed E-state index contributed by atoms with van der Waals surface area (Å²) in [5, 5.41) is 65.4. The van der Waals surface area contributed by atoms with Gasteiger partial charge in [0.2, 0.25) is 5.91 Å². The van der Waals surface area contributed by atoms with Gasteiger partial charge in [0.1, 0.15) is 30.5 Å². The van der Waals surface area contributed by atoms with Crippen LogP contribution in [0.5, 0.6) is 0 Å². The molecule has 7 N–H and O–H groups in total. The molecule has 0 unspecified atom stereocenters. The van der Waals surface area contributed by atoms with Crippen molar-refractivity contribution in [3.8, 4) is 0 Å². The van der Waals surface area contributed by atoms with Crippen LogP contribution in [0.4, 0.5) is 0 Å². The highest BCUT2D eigenvalue weighted by molar-refractivity contribution is 5.76. The van der Waals surface area contributed by atoms with E-state index in [-0.39, 0.29) is 18.9 Å². The van der Waals surface area contributed by atoms with Crippen molar-refractivity contribution in [2.75, 3.05) is 13.2 Å². The van der Waals surface area contributed by atoms with Crippen LogP contribution in [0, 0.1) is 0 Å². The lowest BCUT2D eigenvalue weighted by Crippen LogP contribution is -2.60. The Morgan fingerprint density at radius 2 is 0.985 bits per heavy atom. The van der Waals surface area contributed by atoms with E-state index < -0.39 is 55.6 Å². The Balaban J connectivity index is 1.50. The minimum Gasteiger partial charge on any atom is -0.394 e. The van der Waals surface area contributed by atoms with Crippen molar-refractivity contribution < 1.29 is 44.9 Å². The quantitative estimate of drug-likeness (QED) is 0.0315. The summed E-state index contributed by atoms with van der Waals surface area (Å²) < 4.78 is 11.2. The van der Waals surface area contributed by atoms with Gasteiger partial charge >= 0.3 is 0 Å². The number of hydrogen-bond donors (Lipinski definition) is 7. The zero-order valence-corrected chi connectivity index (χ0v) is 41.5. The van der Waals surface area contributed by atoms with Gasteiger partial charge in [-0.2, -0.15) is 0 Å². The van der Waals surface area contributed by atoms with Crippen LogP contribution >= 0.6 is 0 Å². The van der Waals surface area contributed by atoms with Crippen molar-refractivity contribution in [2.24, 2.45) is 0 Å². The lowest BCUT2D eigenvalue weighted by atomic mass is 9.98. The first kappa shape index (κ1) is 59.5. The third-order valence-electron chi connectivity index (χ3n) is 13.8. The number of aliphatic hydroxyl groups is 6. The molecule has 1 aliphatic heterocycles. The fraction of sp³-hybridized carbons (Fsp3) is 0.873. The second-order valence-corrected chi connectivity index (χ2v) is 19.7. The number of carbonyl (C=O) groups is 1. The zero-order valence-electron chi connectivity index (χ0n) is 41.5. The standard InChI is InChI=1S/C55H101NO9/c1-2-3-4-5-6-7-8-22-25-28-31-37-42-48(58)51(60)47(45-64-55-54(63)53(62)52(61)49(44-57)65-55)56-50(59)43-38-32-29-26-23-20-18-16-14-12-10-9-11-13-15-17-19-21-24-27-30-34-39-46-40-35-33-36-41-46/h33,35-36,40-41,47-49,51-55,57-58,60-63H,2-32,34,37-39,42-45H2,1H3,(H,56,59)/t47-,48+,49+,51-,52-,53-,54+,55-/m0/s1. The first-order valence-electron chi connectivity index (χ1n) is 27.4. The van der Waals surface area contributed by atoms with Gasteiger partial charge < -0.3 is 45.4 Å². The molecule has 0 radical (unpaired) electrons. The third kappa shape index (κ3) is 30.5. The van der Waals surface area contributed by atoms with Gasteiger partial charge in [0, 0.05) is 6.42 Å². The Morgan fingerprint density at radius 3 is 1.43 bits per heavy atom. The summed E-state index contributed by atoms with van der Waals surface area (Å²) in [6, 6.07) is 9.88. The smallest absolute Gasteiger partial charge is 0.220 e. The number of unbranched alkanes of at least 4 members (excludes halogenated alkanes) is 32. The molecule has 1 aliphatic rings. The summed E-state index contributed by atoms with van der Waals surface area (Å²) in [5.74, 6) is -0.254. The lowest BCUT2D eigenvalue weighted by Gasteiger charge is -2.40. The number of rotatable bonds is 45. The molecule has 1 aromatic rings. The molecular formula is C55H101NO9. The Bertz CT molecular complexity index is 1190. The SMILES string of the molecule is CCCCCCCCCCCCCC[C@@H](O)[C@@H](O)[C@H](CO[C@H]1O[C@H](CO)[C@H](O)[C@H](O)[C@H]1O)NC(=O)CCCCCCCCCCCCCCCCCCCCCCCCc1ccccc1. The Hall–Kier alpha value is -1.63. The van der Waals surface area contributed by atoms with Crippen molar-refractivity contribution in [3.05, 3.63) is 35.9 Å². The number of amides is 1. The number of aliphatic hydroxyl groups excluding tert-OH is 6. The summed E-state index contributed by atoms with van der Waals surface area (Å²) in [4.78, 5) is 13.1. The van der Waals surface area contributed by atoms with Crippen LogP contribution in [-0.4, -0.2) is 98.7 Å². The van der Waals surface area contributed by atoms with E-state index in [4.69, 9.17) is 9.47 Å². The predicted molar refractivity (Wildman–Crippen MR) is 266 cm³/mol. The van der Waals surface area contributed by atoms with Gasteiger partial charge in [-0.05, 0) is 31.2 Å². The average Bonchev–Trinajstić information content (AvgIpc) is 3.31. The molecule has 65 heavy (non-hydrogen) atoms. The van der Waals surface area contributed by atoms with Crippen LogP contribution in [0.1, 0.15) is 244 Å². The molecule has 1 heterocycles. The molecular weight excluding hydrogens is 819 g/mol. The van der Waals surface area contributed by atoms with Crippen LogP contribution < -0.4 is 5.32 Å². The minimum atomic E-state index is -1.61. The summed E-state index contributed by atoms with van der Waals surface area (Å²) in [6.07, 6.45) is 34.9. The van der Waals surface area contributed by atoms with Gasteiger partial charge in [0.15, 0.2) is 6.29 Å². The maximum Gasteiger partial charge on any atom is 0.220 e. The largest absolute Gasteiger partial charge is 0.394 e. The monoisotopic (exact) mass is 920 g/mol. The predicted octanol–water partition coefficient (Wildman–Crippen LogP) is 11.3. The molecule has 2 rings (SSSR count). The number of aryl methyl sites for hydroxylation is 1. The molecule has 8 atom stereocenters. The van der Waals surface area contributed by atoms with E-state index in [1.807, 2.05) is 0 Å². The van der Waals surface area contributed by atoms with E-state index in [1.165, 1.54) is 179 Å². The Morgan fingerprint density at radius 1 is 0.569 bits per heavy atom. The second kappa shape index (κ2) is 41.4. The highest BCUT2D eigenvalue weighted by Crippen LogP contribution is 2.23. The Labute approximate surface area is 397 Å². The number of nitrogens with one attached hydrogen (secondary N) is 1. The highest BCUT2D eigenvalue weighted by Gasteiger charge is 2.44. The Kier molecular flexibility index (Phi) is 37.8. The molecule has 1 fully saturated rings. The molecule has 10 nitrogen and oxygen atoms in total. The second-order valence-electron chi connectivity index (χ2n) is 19.7. The van der Waals surface area contributed by atoms with Crippen molar-refractivity contribution >= 4 is 5.91 Å². The maximum absolute atomic E-state index is 13.1. The van der Waals surface area contributed by atoms with Gasteiger partial charge in [0.05, 0.1) is 25.4 Å². The van der Waals surface area contributed by atoms with E-state index >= 15 is 0 Å². The van der Waals surface area contributed by atoms with Crippen LogP contribution in [0.2, 0.25) is 0 Å². The molecule has 10 heteroatoms. The topological polar surface area (TPSA) is 169 Å². The number of hydrogen-bond acceptors (Lipinski definition) is 9. The van der Waals surface area contributed by atoms with Crippen LogP contribution in [0.15, 0.2) is 30.3 Å². The molecule has 0 aliphatic carbocycles. The van der Waals surface area contributed by atoms with Gasteiger partial charge in [-0.25, -0.2) is 0 Å².